The van der Waals surface area contributed by atoms with Crippen molar-refractivity contribution in [2.45, 2.75) is 6.04 Å². The average Bonchev–Trinajstić information content (AvgIpc) is 2.50. The molecule has 1 atom stereocenters. The number of aromatic carboxylic acids is 1. The summed E-state index contributed by atoms with van der Waals surface area (Å²) in [6.45, 7) is 0. The van der Waals surface area contributed by atoms with Crippen LogP contribution in [0.1, 0.15) is 22.0 Å². The molecule has 6 heteroatoms. The van der Waals surface area contributed by atoms with Crippen molar-refractivity contribution < 1.29 is 19.8 Å². The summed E-state index contributed by atoms with van der Waals surface area (Å²) in [7, 11) is 0. The summed E-state index contributed by atoms with van der Waals surface area (Å²) in [6, 6.07) is -1.27. The fourth-order valence-electron chi connectivity index (χ4n) is 0.855. The zero-order chi connectivity index (χ0) is 10.0. The van der Waals surface area contributed by atoms with E-state index < -0.39 is 18.0 Å². The Kier molecular flexibility index (Phi) is 2.64. The fraction of sp³-hybridized carbons (Fsp3) is 0.143. The van der Waals surface area contributed by atoms with E-state index in [1.54, 1.807) is 0 Å². The molecule has 0 aliphatic rings. The van der Waals surface area contributed by atoms with Gasteiger partial charge >= 0.3 is 11.9 Å². The van der Waals surface area contributed by atoms with Crippen LogP contribution >= 0.6 is 11.3 Å². The Labute approximate surface area is 77.4 Å². The number of aliphatic carboxylic acids is 1. The maximum absolute atomic E-state index is 10.6. The first-order valence-electron chi connectivity index (χ1n) is 3.31. The minimum Gasteiger partial charge on any atom is -0.480 e. The quantitative estimate of drug-likeness (QED) is 0.662. The predicted molar refractivity (Wildman–Crippen MR) is 45.8 cm³/mol. The van der Waals surface area contributed by atoms with E-state index in [1.807, 2.05) is 0 Å². The van der Waals surface area contributed by atoms with E-state index in [0.29, 0.717) is 0 Å². The van der Waals surface area contributed by atoms with E-state index in [2.05, 4.69) is 0 Å². The number of rotatable bonds is 3. The molecule has 0 spiro atoms. The first kappa shape index (κ1) is 9.69. The minimum absolute atomic E-state index is 0.0418. The fourth-order valence-corrected chi connectivity index (χ4v) is 1.72. The van der Waals surface area contributed by atoms with Gasteiger partial charge in [-0.15, -0.1) is 0 Å². The third-order valence-electron chi connectivity index (χ3n) is 1.52. The Bertz CT molecular complexity index is 346. The van der Waals surface area contributed by atoms with Gasteiger partial charge < -0.3 is 15.9 Å². The Morgan fingerprint density at radius 1 is 1.38 bits per heavy atom. The minimum atomic E-state index is -1.27. The van der Waals surface area contributed by atoms with Crippen molar-refractivity contribution in [3.8, 4) is 0 Å². The van der Waals surface area contributed by atoms with Crippen LogP contribution in [0.5, 0.6) is 0 Å². The number of carboxylic acids is 2. The van der Waals surface area contributed by atoms with Crippen LogP contribution in [0.15, 0.2) is 10.8 Å². The molecule has 0 bridgehead atoms. The van der Waals surface area contributed by atoms with Gasteiger partial charge in [-0.1, -0.05) is 0 Å². The van der Waals surface area contributed by atoms with Gasteiger partial charge in [-0.05, 0) is 5.38 Å². The maximum Gasteiger partial charge on any atom is 0.336 e. The van der Waals surface area contributed by atoms with Gasteiger partial charge in [0.05, 0.1) is 5.56 Å². The van der Waals surface area contributed by atoms with Crippen molar-refractivity contribution in [1.29, 1.82) is 0 Å². The van der Waals surface area contributed by atoms with Gasteiger partial charge in [-0.25, -0.2) is 4.79 Å². The molecule has 5 nitrogen and oxygen atoms in total. The van der Waals surface area contributed by atoms with Crippen LogP contribution in [0.2, 0.25) is 0 Å². The number of hydrogen-bond donors (Lipinski definition) is 3. The molecule has 0 aliphatic heterocycles. The van der Waals surface area contributed by atoms with Gasteiger partial charge in [0, 0.05) is 10.9 Å². The highest BCUT2D eigenvalue weighted by Gasteiger charge is 2.21. The maximum atomic E-state index is 10.6. The second kappa shape index (κ2) is 3.55. The standard InChI is InChI=1S/C7H7NO4S/c8-5(7(11)12)3-1-13-2-4(3)6(9)10/h1-2,5H,8H2,(H,9,10)(H,11,12)/t5-/m1/s1. The van der Waals surface area contributed by atoms with E-state index in [0.717, 1.165) is 11.3 Å². The topological polar surface area (TPSA) is 101 Å². The summed E-state index contributed by atoms with van der Waals surface area (Å²) in [6.07, 6.45) is 0. The lowest BCUT2D eigenvalue weighted by Crippen LogP contribution is -2.22. The van der Waals surface area contributed by atoms with Gasteiger partial charge in [0.1, 0.15) is 6.04 Å². The summed E-state index contributed by atoms with van der Waals surface area (Å²) >= 11 is 1.12. The van der Waals surface area contributed by atoms with Gasteiger partial charge in [0.25, 0.3) is 0 Å². The van der Waals surface area contributed by atoms with Gasteiger partial charge in [-0.3, -0.25) is 4.79 Å². The molecule has 0 aromatic carbocycles. The summed E-state index contributed by atoms with van der Waals surface area (Å²) < 4.78 is 0. The van der Waals surface area contributed by atoms with Crippen molar-refractivity contribution >= 4 is 23.3 Å². The monoisotopic (exact) mass is 201 g/mol. The third-order valence-corrected chi connectivity index (χ3v) is 2.29. The van der Waals surface area contributed by atoms with E-state index in [9.17, 15) is 9.59 Å². The first-order chi connectivity index (χ1) is 6.04. The largest absolute Gasteiger partial charge is 0.480 e. The molecule has 1 rings (SSSR count). The highest BCUT2D eigenvalue weighted by atomic mass is 32.1. The van der Waals surface area contributed by atoms with Crippen molar-refractivity contribution in [3.05, 3.63) is 21.9 Å². The van der Waals surface area contributed by atoms with Crippen LogP contribution in [0.25, 0.3) is 0 Å². The molecule has 1 heterocycles. The lowest BCUT2D eigenvalue weighted by molar-refractivity contribution is -0.138. The summed E-state index contributed by atoms with van der Waals surface area (Å²) in [5, 5.41) is 20.0. The van der Waals surface area contributed by atoms with Crippen LogP contribution in [-0.4, -0.2) is 22.2 Å². The Balaban J connectivity index is 3.07. The lowest BCUT2D eigenvalue weighted by atomic mass is 10.1. The SMILES string of the molecule is N[C@@H](C(=O)O)c1cscc1C(=O)O. The molecule has 0 unspecified atom stereocenters. The lowest BCUT2D eigenvalue weighted by Gasteiger charge is -2.04. The normalized spacial score (nSPS) is 12.4. The Morgan fingerprint density at radius 2 is 2.00 bits per heavy atom. The molecule has 0 saturated heterocycles. The summed E-state index contributed by atoms with van der Waals surface area (Å²) in [5.41, 5.74) is 5.37. The molecule has 13 heavy (non-hydrogen) atoms. The van der Waals surface area contributed by atoms with Gasteiger partial charge in [-0.2, -0.15) is 11.3 Å². The van der Waals surface area contributed by atoms with Gasteiger partial charge in [0.2, 0.25) is 0 Å². The van der Waals surface area contributed by atoms with Crippen LogP contribution in [0.3, 0.4) is 0 Å². The molecule has 0 fully saturated rings. The summed E-state index contributed by atoms with van der Waals surface area (Å²) in [5.74, 6) is -2.39. The van der Waals surface area contributed by atoms with E-state index in [1.165, 1.54) is 10.8 Å². The third kappa shape index (κ3) is 1.85. The smallest absolute Gasteiger partial charge is 0.336 e. The van der Waals surface area contributed by atoms with Crippen molar-refractivity contribution in [3.63, 3.8) is 0 Å². The molecule has 0 amide bonds. The molecular weight excluding hydrogens is 194 g/mol. The van der Waals surface area contributed by atoms with Crippen LogP contribution in [0.4, 0.5) is 0 Å². The molecular formula is C7H7NO4S. The number of carbonyl (C=O) groups is 2. The second-order valence-corrected chi connectivity index (χ2v) is 3.11. The van der Waals surface area contributed by atoms with E-state index in [-0.39, 0.29) is 11.1 Å². The van der Waals surface area contributed by atoms with E-state index >= 15 is 0 Å². The molecule has 4 N–H and O–H groups in total. The van der Waals surface area contributed by atoms with E-state index in [4.69, 9.17) is 15.9 Å². The van der Waals surface area contributed by atoms with Crippen LogP contribution in [0, 0.1) is 0 Å². The molecule has 1 aromatic heterocycles. The predicted octanol–water partition coefficient (Wildman–Crippen LogP) is 0.531. The number of hydrogen-bond acceptors (Lipinski definition) is 4. The number of nitrogens with two attached hydrogens (primary N) is 1. The van der Waals surface area contributed by atoms with Crippen molar-refractivity contribution in [2.75, 3.05) is 0 Å². The zero-order valence-electron chi connectivity index (χ0n) is 6.43. The zero-order valence-corrected chi connectivity index (χ0v) is 7.25. The van der Waals surface area contributed by atoms with Gasteiger partial charge in [0.15, 0.2) is 0 Å². The Hall–Kier alpha value is -1.40. The van der Waals surface area contributed by atoms with Crippen molar-refractivity contribution in [2.24, 2.45) is 5.73 Å². The Morgan fingerprint density at radius 3 is 2.46 bits per heavy atom. The van der Waals surface area contributed by atoms with Crippen LogP contribution in [-0.2, 0) is 4.79 Å². The van der Waals surface area contributed by atoms with Crippen LogP contribution < -0.4 is 5.73 Å². The molecule has 0 radical (unpaired) electrons. The highest BCUT2D eigenvalue weighted by Crippen LogP contribution is 2.21. The second-order valence-electron chi connectivity index (χ2n) is 2.36. The summed E-state index contributed by atoms with van der Waals surface area (Å²) in [4.78, 5) is 21.0. The molecule has 0 aliphatic carbocycles. The average molecular weight is 201 g/mol. The number of thiophene rings is 1. The molecule has 70 valence electrons. The van der Waals surface area contributed by atoms with Crippen molar-refractivity contribution in [1.82, 2.24) is 0 Å². The number of carboxylic acid groups (broad SMARTS) is 2. The molecule has 0 saturated carbocycles. The first-order valence-corrected chi connectivity index (χ1v) is 4.26. The molecule has 1 aromatic rings. The highest BCUT2D eigenvalue weighted by molar-refractivity contribution is 7.08.